The van der Waals surface area contributed by atoms with Crippen LogP contribution in [0, 0.1) is 6.92 Å². The predicted molar refractivity (Wildman–Crippen MR) is 127 cm³/mol. The number of amides is 2. The van der Waals surface area contributed by atoms with Crippen LogP contribution in [0.25, 0.3) is 5.69 Å². The summed E-state index contributed by atoms with van der Waals surface area (Å²) in [4.78, 5) is 41.5. The van der Waals surface area contributed by atoms with Gasteiger partial charge in [-0.15, -0.1) is 0 Å². The molecule has 0 fully saturated rings. The molecule has 1 atom stereocenters. The summed E-state index contributed by atoms with van der Waals surface area (Å²) >= 11 is 0. The molecule has 2 amide bonds. The number of anilines is 1. The predicted octanol–water partition coefficient (Wildman–Crippen LogP) is 3.28. The standard InChI is InChI=1S/C26H24N4O4/c1-17-23(26(33)30(28(17)2)20-11-4-3-5-12-20)27-24(31)21-15-18-9-6-7-10-19(18)16-29(21)25(32)22-13-8-14-34-22/h3-14,21H,15-16H2,1-2H3,(H,27,31)/t21-/m1/s1. The van der Waals surface area contributed by atoms with Gasteiger partial charge < -0.3 is 14.6 Å². The maximum atomic E-state index is 13.5. The molecule has 1 aliphatic rings. The fraction of sp³-hybridized carbons (Fsp3) is 0.192. The van der Waals surface area contributed by atoms with E-state index >= 15 is 0 Å². The van der Waals surface area contributed by atoms with Crippen molar-refractivity contribution in [1.82, 2.24) is 14.3 Å². The lowest BCUT2D eigenvalue weighted by atomic mass is 9.93. The summed E-state index contributed by atoms with van der Waals surface area (Å²) in [5, 5.41) is 2.82. The second-order valence-corrected chi connectivity index (χ2v) is 8.32. The maximum absolute atomic E-state index is 13.5. The average molecular weight is 457 g/mol. The zero-order valence-electron chi connectivity index (χ0n) is 18.9. The van der Waals surface area contributed by atoms with Crippen LogP contribution in [-0.4, -0.2) is 32.1 Å². The quantitative estimate of drug-likeness (QED) is 0.510. The highest BCUT2D eigenvalue weighted by Crippen LogP contribution is 2.26. The highest BCUT2D eigenvalue weighted by Gasteiger charge is 2.36. The summed E-state index contributed by atoms with van der Waals surface area (Å²) in [5.41, 5.74) is 3.15. The third-order valence-corrected chi connectivity index (χ3v) is 6.35. The molecule has 0 saturated heterocycles. The van der Waals surface area contributed by atoms with Gasteiger partial charge in [0.05, 0.1) is 17.6 Å². The minimum atomic E-state index is -0.795. The Hall–Kier alpha value is -4.33. The molecule has 4 aromatic rings. The van der Waals surface area contributed by atoms with E-state index in [-0.39, 0.29) is 29.5 Å². The SMILES string of the molecule is Cc1c(NC(=O)[C@H]2Cc3ccccc3CN2C(=O)c2ccco2)c(=O)n(-c2ccccc2)n1C. The number of hydrogen-bond donors (Lipinski definition) is 1. The number of carbonyl (C=O) groups is 2. The zero-order valence-corrected chi connectivity index (χ0v) is 18.9. The van der Waals surface area contributed by atoms with Gasteiger partial charge in [-0.25, -0.2) is 4.68 Å². The lowest BCUT2D eigenvalue weighted by Gasteiger charge is -2.35. The molecule has 0 saturated carbocycles. The Balaban J connectivity index is 1.50. The zero-order chi connectivity index (χ0) is 23.8. The number of fused-ring (bicyclic) bond motifs is 1. The van der Waals surface area contributed by atoms with E-state index in [1.165, 1.54) is 15.8 Å². The topological polar surface area (TPSA) is 89.5 Å². The van der Waals surface area contributed by atoms with E-state index in [1.54, 1.807) is 30.8 Å². The molecule has 3 heterocycles. The molecule has 2 aromatic carbocycles. The highest BCUT2D eigenvalue weighted by atomic mass is 16.3. The Labute approximate surface area is 196 Å². The number of rotatable bonds is 4. The largest absolute Gasteiger partial charge is 0.459 e. The van der Waals surface area contributed by atoms with Crippen molar-refractivity contribution in [2.24, 2.45) is 7.05 Å². The number of nitrogens with one attached hydrogen (secondary N) is 1. The smallest absolute Gasteiger partial charge is 0.295 e. The molecular weight excluding hydrogens is 432 g/mol. The van der Waals surface area contributed by atoms with Gasteiger partial charge in [-0.3, -0.25) is 19.1 Å². The van der Waals surface area contributed by atoms with Crippen molar-refractivity contribution in [3.05, 3.63) is 106 Å². The van der Waals surface area contributed by atoms with Gasteiger partial charge >= 0.3 is 0 Å². The van der Waals surface area contributed by atoms with Gasteiger partial charge in [0.15, 0.2) is 5.76 Å². The van der Waals surface area contributed by atoms with E-state index in [0.717, 1.165) is 11.1 Å². The number of furan rings is 1. The van der Waals surface area contributed by atoms with Crippen molar-refractivity contribution >= 4 is 17.5 Å². The van der Waals surface area contributed by atoms with Crippen LogP contribution in [0.4, 0.5) is 5.69 Å². The molecule has 5 rings (SSSR count). The van der Waals surface area contributed by atoms with Crippen LogP contribution in [0.3, 0.4) is 0 Å². The second kappa shape index (κ2) is 8.55. The molecule has 0 aliphatic carbocycles. The van der Waals surface area contributed by atoms with Crippen molar-refractivity contribution in [1.29, 1.82) is 0 Å². The number of carbonyl (C=O) groups excluding carboxylic acids is 2. The maximum Gasteiger partial charge on any atom is 0.295 e. The number of para-hydroxylation sites is 1. The van der Waals surface area contributed by atoms with Gasteiger partial charge in [-0.2, -0.15) is 0 Å². The van der Waals surface area contributed by atoms with Crippen molar-refractivity contribution < 1.29 is 14.0 Å². The normalized spacial score (nSPS) is 15.1. The number of hydrogen-bond acceptors (Lipinski definition) is 4. The van der Waals surface area contributed by atoms with E-state index in [0.29, 0.717) is 17.8 Å². The van der Waals surface area contributed by atoms with Crippen LogP contribution < -0.4 is 10.9 Å². The first-order valence-corrected chi connectivity index (χ1v) is 11.0. The second-order valence-electron chi connectivity index (χ2n) is 8.32. The van der Waals surface area contributed by atoms with Crippen LogP contribution in [0.1, 0.15) is 27.4 Å². The lowest BCUT2D eigenvalue weighted by molar-refractivity contribution is -0.121. The molecule has 34 heavy (non-hydrogen) atoms. The van der Waals surface area contributed by atoms with Gasteiger partial charge in [-0.1, -0.05) is 42.5 Å². The lowest BCUT2D eigenvalue weighted by Crippen LogP contribution is -2.51. The van der Waals surface area contributed by atoms with E-state index in [2.05, 4.69) is 5.32 Å². The van der Waals surface area contributed by atoms with Crippen molar-refractivity contribution in [2.75, 3.05) is 5.32 Å². The average Bonchev–Trinajstić information content (AvgIpc) is 3.47. The Morgan fingerprint density at radius 3 is 2.38 bits per heavy atom. The van der Waals surface area contributed by atoms with E-state index in [4.69, 9.17) is 4.42 Å². The van der Waals surface area contributed by atoms with Crippen LogP contribution >= 0.6 is 0 Å². The van der Waals surface area contributed by atoms with Crippen LogP contribution in [0.5, 0.6) is 0 Å². The molecule has 0 spiro atoms. The fourth-order valence-corrected chi connectivity index (χ4v) is 4.43. The van der Waals surface area contributed by atoms with Crippen molar-refractivity contribution in [3.8, 4) is 5.69 Å². The molecule has 8 nitrogen and oxygen atoms in total. The minimum absolute atomic E-state index is 0.166. The Kier molecular flexibility index (Phi) is 5.41. The van der Waals surface area contributed by atoms with Gasteiger partial charge in [0.1, 0.15) is 11.7 Å². The van der Waals surface area contributed by atoms with E-state index in [9.17, 15) is 14.4 Å². The van der Waals surface area contributed by atoms with Crippen LogP contribution in [0.2, 0.25) is 0 Å². The van der Waals surface area contributed by atoms with E-state index in [1.807, 2.05) is 54.6 Å². The molecule has 1 aliphatic heterocycles. The Morgan fingerprint density at radius 2 is 1.68 bits per heavy atom. The Morgan fingerprint density at radius 1 is 0.971 bits per heavy atom. The van der Waals surface area contributed by atoms with Gasteiger partial charge in [-0.05, 0) is 42.3 Å². The molecule has 1 N–H and O–H groups in total. The first kappa shape index (κ1) is 21.5. The number of benzene rings is 2. The third kappa shape index (κ3) is 3.63. The molecular formula is C26H24N4O4. The molecule has 8 heteroatoms. The molecule has 0 radical (unpaired) electrons. The first-order chi connectivity index (χ1) is 16.5. The minimum Gasteiger partial charge on any atom is -0.459 e. The summed E-state index contributed by atoms with van der Waals surface area (Å²) in [7, 11) is 1.77. The number of aromatic nitrogens is 2. The van der Waals surface area contributed by atoms with Crippen molar-refractivity contribution in [3.63, 3.8) is 0 Å². The monoisotopic (exact) mass is 456 g/mol. The molecule has 172 valence electrons. The van der Waals surface area contributed by atoms with E-state index < -0.39 is 11.9 Å². The summed E-state index contributed by atoms with van der Waals surface area (Å²) in [6.45, 7) is 2.05. The highest BCUT2D eigenvalue weighted by molar-refractivity contribution is 6.00. The number of nitrogens with zero attached hydrogens (tertiary/aromatic N) is 3. The Bertz CT molecular complexity index is 1420. The van der Waals surface area contributed by atoms with Crippen LogP contribution in [-0.2, 0) is 24.8 Å². The molecule has 0 unspecified atom stereocenters. The van der Waals surface area contributed by atoms with Gasteiger partial charge in [0.2, 0.25) is 5.91 Å². The molecule has 0 bridgehead atoms. The van der Waals surface area contributed by atoms with Crippen molar-refractivity contribution in [2.45, 2.75) is 25.9 Å². The van der Waals surface area contributed by atoms with Gasteiger partial charge in [0, 0.05) is 20.0 Å². The summed E-state index contributed by atoms with van der Waals surface area (Å²) in [6.07, 6.45) is 1.77. The third-order valence-electron chi connectivity index (χ3n) is 6.35. The van der Waals surface area contributed by atoms with Crippen LogP contribution in [0.15, 0.2) is 82.2 Å². The first-order valence-electron chi connectivity index (χ1n) is 11.0. The fourth-order valence-electron chi connectivity index (χ4n) is 4.43. The molecule has 2 aromatic heterocycles. The summed E-state index contributed by atoms with van der Waals surface area (Å²) in [5.74, 6) is -0.619. The summed E-state index contributed by atoms with van der Waals surface area (Å²) in [6, 6.07) is 19.4. The summed E-state index contributed by atoms with van der Waals surface area (Å²) < 4.78 is 8.52. The van der Waals surface area contributed by atoms with Gasteiger partial charge in [0.25, 0.3) is 11.5 Å².